The van der Waals surface area contributed by atoms with E-state index in [4.69, 9.17) is 5.73 Å². The highest BCUT2D eigenvalue weighted by Crippen LogP contribution is 2.24. The van der Waals surface area contributed by atoms with Crippen molar-refractivity contribution in [3.8, 4) is 0 Å². The van der Waals surface area contributed by atoms with Crippen LogP contribution in [0.4, 0.5) is 11.5 Å². The van der Waals surface area contributed by atoms with Crippen molar-refractivity contribution in [1.29, 1.82) is 0 Å². The topological polar surface area (TPSA) is 130 Å². The Hall–Kier alpha value is -3.49. The third-order valence-electron chi connectivity index (χ3n) is 4.72. The van der Waals surface area contributed by atoms with E-state index in [2.05, 4.69) is 32.4 Å². The molecule has 1 saturated heterocycles. The van der Waals surface area contributed by atoms with Gasteiger partial charge in [-0.1, -0.05) is 13.0 Å². The lowest BCUT2D eigenvalue weighted by atomic mass is 10.0. The van der Waals surface area contributed by atoms with Crippen molar-refractivity contribution in [3.63, 3.8) is 0 Å². The standard InChI is InChI=1S/C14H18N6O2.C6H7N/c1-8-3-2-4-20(7-8)14(22)13(21)18-10-6-16-12(15)9-5-17-19-11(9)10;1-6-4-2-3-5-7-6/h5-6,8H,2-4,7H2,1H3,(H2,15,16)(H,17,19)(H,18,21);2-5H,1H3. The number of fused-ring (bicyclic) bond motifs is 1. The van der Waals surface area contributed by atoms with Gasteiger partial charge in [0.15, 0.2) is 0 Å². The molecule has 2 amide bonds. The Balaban J connectivity index is 0.000000290. The number of amides is 2. The van der Waals surface area contributed by atoms with Gasteiger partial charge in [0.25, 0.3) is 0 Å². The third-order valence-corrected chi connectivity index (χ3v) is 4.72. The number of nitrogens with one attached hydrogen (secondary N) is 2. The quantitative estimate of drug-likeness (QED) is 0.541. The summed E-state index contributed by atoms with van der Waals surface area (Å²) in [6.45, 7) is 5.29. The Morgan fingerprint density at radius 1 is 1.28 bits per heavy atom. The molecule has 1 unspecified atom stereocenters. The number of nitrogens with two attached hydrogens (primary N) is 1. The minimum Gasteiger partial charge on any atom is -0.383 e. The molecule has 9 nitrogen and oxygen atoms in total. The summed E-state index contributed by atoms with van der Waals surface area (Å²) in [4.78, 5) is 34.0. The number of hydrogen-bond acceptors (Lipinski definition) is 6. The van der Waals surface area contributed by atoms with Crippen LogP contribution in [0, 0.1) is 12.8 Å². The van der Waals surface area contributed by atoms with Gasteiger partial charge in [0, 0.05) is 25.0 Å². The Kier molecular flexibility index (Phi) is 6.38. The maximum atomic E-state index is 12.2. The van der Waals surface area contributed by atoms with Crippen LogP contribution >= 0.6 is 0 Å². The van der Waals surface area contributed by atoms with Crippen molar-refractivity contribution in [2.45, 2.75) is 26.7 Å². The fourth-order valence-corrected chi connectivity index (χ4v) is 3.19. The molecule has 1 fully saturated rings. The minimum absolute atomic E-state index is 0.318. The average Bonchev–Trinajstić information content (AvgIpc) is 3.22. The maximum absolute atomic E-state index is 12.2. The first-order valence-corrected chi connectivity index (χ1v) is 9.51. The van der Waals surface area contributed by atoms with E-state index in [1.165, 1.54) is 12.4 Å². The molecule has 3 aromatic heterocycles. The lowest BCUT2D eigenvalue weighted by molar-refractivity contribution is -0.144. The molecule has 4 rings (SSSR count). The molecule has 29 heavy (non-hydrogen) atoms. The van der Waals surface area contributed by atoms with Crippen molar-refractivity contribution in [2.75, 3.05) is 24.1 Å². The fourth-order valence-electron chi connectivity index (χ4n) is 3.19. The van der Waals surface area contributed by atoms with Crippen LogP contribution in [0.3, 0.4) is 0 Å². The highest BCUT2D eigenvalue weighted by atomic mass is 16.2. The van der Waals surface area contributed by atoms with Crippen molar-refractivity contribution < 1.29 is 9.59 Å². The second-order valence-corrected chi connectivity index (χ2v) is 7.14. The first-order chi connectivity index (χ1) is 14.0. The second-order valence-electron chi connectivity index (χ2n) is 7.14. The summed E-state index contributed by atoms with van der Waals surface area (Å²) in [5.41, 5.74) is 7.75. The lowest BCUT2D eigenvalue weighted by Gasteiger charge is -2.30. The molecule has 0 radical (unpaired) electrons. The van der Waals surface area contributed by atoms with Crippen LogP contribution in [0.1, 0.15) is 25.5 Å². The zero-order valence-corrected chi connectivity index (χ0v) is 16.6. The molecule has 0 saturated carbocycles. The number of rotatable bonds is 1. The lowest BCUT2D eigenvalue weighted by Crippen LogP contribution is -2.44. The predicted molar refractivity (Wildman–Crippen MR) is 111 cm³/mol. The number of anilines is 2. The van der Waals surface area contributed by atoms with E-state index in [9.17, 15) is 9.59 Å². The zero-order chi connectivity index (χ0) is 20.8. The molecule has 0 aliphatic carbocycles. The van der Waals surface area contributed by atoms with E-state index < -0.39 is 11.8 Å². The summed E-state index contributed by atoms with van der Waals surface area (Å²) in [7, 11) is 0. The highest BCUT2D eigenvalue weighted by molar-refractivity contribution is 6.40. The normalized spacial score (nSPS) is 16.1. The molecule has 9 heteroatoms. The van der Waals surface area contributed by atoms with E-state index in [0.29, 0.717) is 41.4 Å². The van der Waals surface area contributed by atoms with Crippen LogP contribution in [0.15, 0.2) is 36.8 Å². The van der Waals surface area contributed by atoms with Crippen LogP contribution in [0.2, 0.25) is 0 Å². The molecule has 152 valence electrons. The number of H-pyrrole nitrogens is 1. The van der Waals surface area contributed by atoms with Gasteiger partial charge in [-0.05, 0) is 37.8 Å². The Labute approximate surface area is 168 Å². The fraction of sp³-hybridized carbons (Fsp3) is 0.350. The van der Waals surface area contributed by atoms with Crippen LogP contribution in [-0.4, -0.2) is 50.0 Å². The number of hydrogen-bond donors (Lipinski definition) is 3. The maximum Gasteiger partial charge on any atom is 0.314 e. The van der Waals surface area contributed by atoms with Gasteiger partial charge < -0.3 is 16.0 Å². The molecule has 1 aliphatic heterocycles. The van der Waals surface area contributed by atoms with Crippen LogP contribution in [0.5, 0.6) is 0 Å². The van der Waals surface area contributed by atoms with Crippen LogP contribution in [-0.2, 0) is 9.59 Å². The Bertz CT molecular complexity index is 987. The molecule has 4 N–H and O–H groups in total. The van der Waals surface area contributed by atoms with Crippen LogP contribution < -0.4 is 11.1 Å². The Morgan fingerprint density at radius 2 is 2.10 bits per heavy atom. The van der Waals surface area contributed by atoms with E-state index in [-0.39, 0.29) is 0 Å². The molecule has 1 aliphatic rings. The Morgan fingerprint density at radius 3 is 2.76 bits per heavy atom. The first kappa shape index (κ1) is 20.2. The van der Waals surface area contributed by atoms with Gasteiger partial charge in [0.1, 0.15) is 5.82 Å². The van der Waals surface area contributed by atoms with E-state index >= 15 is 0 Å². The van der Waals surface area contributed by atoms with Crippen molar-refractivity contribution in [1.82, 2.24) is 25.1 Å². The highest BCUT2D eigenvalue weighted by Gasteiger charge is 2.26. The number of carbonyl (C=O) groups excluding carboxylic acids is 2. The van der Waals surface area contributed by atoms with Crippen molar-refractivity contribution in [3.05, 3.63) is 42.5 Å². The van der Waals surface area contributed by atoms with E-state index in [1.54, 1.807) is 11.1 Å². The number of aryl methyl sites for hydroxylation is 1. The number of piperidine rings is 1. The van der Waals surface area contributed by atoms with Gasteiger partial charge in [0.2, 0.25) is 0 Å². The minimum atomic E-state index is -0.670. The second kappa shape index (κ2) is 9.13. The predicted octanol–water partition coefficient (Wildman–Crippen LogP) is 2.13. The van der Waals surface area contributed by atoms with E-state index in [1.807, 2.05) is 25.1 Å². The molecule has 0 aromatic carbocycles. The van der Waals surface area contributed by atoms with Gasteiger partial charge in [-0.3, -0.25) is 19.7 Å². The van der Waals surface area contributed by atoms with Crippen molar-refractivity contribution >= 4 is 34.2 Å². The summed E-state index contributed by atoms with van der Waals surface area (Å²) in [5.74, 6) is -0.450. The number of aromatic nitrogens is 4. The summed E-state index contributed by atoms with van der Waals surface area (Å²) < 4.78 is 0. The molecule has 1 atom stereocenters. The molecule has 0 spiro atoms. The summed E-state index contributed by atoms with van der Waals surface area (Å²) >= 11 is 0. The molecule has 4 heterocycles. The van der Waals surface area contributed by atoms with Gasteiger partial charge in [-0.15, -0.1) is 0 Å². The molecular formula is C20H25N7O2. The van der Waals surface area contributed by atoms with Crippen molar-refractivity contribution in [2.24, 2.45) is 5.92 Å². The number of aromatic amines is 1. The summed E-state index contributed by atoms with van der Waals surface area (Å²) in [6, 6.07) is 5.86. The molecular weight excluding hydrogens is 370 g/mol. The van der Waals surface area contributed by atoms with E-state index in [0.717, 1.165) is 18.5 Å². The number of carbonyl (C=O) groups is 2. The van der Waals surface area contributed by atoms with Gasteiger partial charge in [-0.25, -0.2) is 4.98 Å². The zero-order valence-electron chi connectivity index (χ0n) is 16.6. The largest absolute Gasteiger partial charge is 0.383 e. The van der Waals surface area contributed by atoms with Gasteiger partial charge in [0.05, 0.1) is 29.0 Å². The number of likely N-dealkylation sites (tertiary alicyclic amines) is 1. The van der Waals surface area contributed by atoms with Crippen LogP contribution in [0.25, 0.3) is 10.9 Å². The molecule has 0 bridgehead atoms. The van der Waals surface area contributed by atoms with Gasteiger partial charge in [-0.2, -0.15) is 5.10 Å². The monoisotopic (exact) mass is 395 g/mol. The summed E-state index contributed by atoms with van der Waals surface area (Å²) in [5, 5.41) is 9.83. The third kappa shape index (κ3) is 5.07. The SMILES string of the molecule is CC1CCCN(C(=O)C(=O)Nc2cnc(N)c3cn[nH]c23)C1.Cc1ccccn1. The number of nitrogen functional groups attached to an aromatic ring is 1. The first-order valence-electron chi connectivity index (χ1n) is 9.51. The smallest absolute Gasteiger partial charge is 0.314 e. The average molecular weight is 395 g/mol. The number of pyridine rings is 2. The molecule has 3 aromatic rings. The summed E-state index contributed by atoms with van der Waals surface area (Å²) in [6.07, 6.45) is 6.74. The number of nitrogens with zero attached hydrogens (tertiary/aromatic N) is 4. The van der Waals surface area contributed by atoms with Gasteiger partial charge >= 0.3 is 11.8 Å².